The lowest BCUT2D eigenvalue weighted by Crippen LogP contribution is -2.37. The Kier molecular flexibility index (Phi) is 5.16. The maximum Gasteiger partial charge on any atom is 0.0499 e. The number of rotatable bonds is 5. The van der Waals surface area contributed by atoms with Crippen LogP contribution in [0, 0.1) is 13.8 Å². The molecule has 0 saturated heterocycles. The summed E-state index contributed by atoms with van der Waals surface area (Å²) in [5, 5.41) is 0. The molecule has 2 heteroatoms. The van der Waals surface area contributed by atoms with E-state index in [9.17, 15) is 0 Å². The largest absolute Gasteiger partial charge is 0.326 e. The summed E-state index contributed by atoms with van der Waals surface area (Å²) >= 11 is 0. The van der Waals surface area contributed by atoms with Crippen LogP contribution in [-0.4, -0.2) is 18.0 Å². The number of hydrogen-bond donors (Lipinski definition) is 1. The summed E-state index contributed by atoms with van der Waals surface area (Å²) in [7, 11) is 2.16. The van der Waals surface area contributed by atoms with Crippen LogP contribution in [-0.2, 0) is 6.54 Å². The third kappa shape index (κ3) is 3.93. The molecule has 0 aliphatic rings. The fourth-order valence-electron chi connectivity index (χ4n) is 3.04. The van der Waals surface area contributed by atoms with E-state index in [1.807, 2.05) is 0 Å². The van der Waals surface area contributed by atoms with Gasteiger partial charge in [-0.3, -0.25) is 4.90 Å². The smallest absolute Gasteiger partial charge is 0.0499 e. The van der Waals surface area contributed by atoms with Gasteiger partial charge in [0, 0.05) is 18.6 Å². The Hall–Kier alpha value is -1.64. The second-order valence-electron chi connectivity index (χ2n) is 6.06. The Morgan fingerprint density at radius 3 is 2.38 bits per heavy atom. The van der Waals surface area contributed by atoms with Gasteiger partial charge in [0.15, 0.2) is 0 Å². The van der Waals surface area contributed by atoms with Gasteiger partial charge in [0.1, 0.15) is 0 Å². The molecule has 0 heterocycles. The van der Waals surface area contributed by atoms with Gasteiger partial charge in [0.2, 0.25) is 0 Å². The Balaban J connectivity index is 2.24. The molecule has 0 aromatic heterocycles. The highest BCUT2D eigenvalue weighted by Gasteiger charge is 2.22. The summed E-state index contributed by atoms with van der Waals surface area (Å²) in [5.41, 5.74) is 11.5. The zero-order chi connectivity index (χ0) is 15.4. The van der Waals surface area contributed by atoms with E-state index in [-0.39, 0.29) is 12.1 Å². The Labute approximate surface area is 128 Å². The molecule has 0 saturated carbocycles. The summed E-state index contributed by atoms with van der Waals surface area (Å²) in [6.07, 6.45) is 0. The predicted molar refractivity (Wildman–Crippen MR) is 90.2 cm³/mol. The number of aryl methyl sites for hydroxylation is 2. The molecule has 2 unspecified atom stereocenters. The lowest BCUT2D eigenvalue weighted by Gasteiger charge is -2.32. The lowest BCUT2D eigenvalue weighted by atomic mass is 9.95. The Morgan fingerprint density at radius 1 is 1.05 bits per heavy atom. The van der Waals surface area contributed by atoms with Crippen molar-refractivity contribution in [3.63, 3.8) is 0 Å². The molecule has 2 aromatic rings. The highest BCUT2D eigenvalue weighted by atomic mass is 15.1. The summed E-state index contributed by atoms with van der Waals surface area (Å²) in [4.78, 5) is 2.35. The number of benzene rings is 2. The van der Waals surface area contributed by atoms with Gasteiger partial charge in [-0.2, -0.15) is 0 Å². The van der Waals surface area contributed by atoms with Gasteiger partial charge < -0.3 is 5.73 Å². The predicted octanol–water partition coefficient (Wildman–Crippen LogP) is 3.82. The fourth-order valence-corrected chi connectivity index (χ4v) is 3.04. The molecule has 112 valence electrons. The van der Waals surface area contributed by atoms with Gasteiger partial charge in [-0.05, 0) is 44.5 Å². The molecule has 2 nitrogen and oxygen atoms in total. The first-order valence-corrected chi connectivity index (χ1v) is 7.56. The van der Waals surface area contributed by atoms with Crippen molar-refractivity contribution in [2.75, 3.05) is 7.05 Å². The summed E-state index contributed by atoms with van der Waals surface area (Å²) in [6.45, 7) is 7.28. The van der Waals surface area contributed by atoms with Crippen molar-refractivity contribution in [3.8, 4) is 0 Å². The zero-order valence-corrected chi connectivity index (χ0v) is 13.5. The van der Waals surface area contributed by atoms with Crippen molar-refractivity contribution in [2.24, 2.45) is 5.73 Å². The average molecular weight is 282 g/mol. The minimum atomic E-state index is 0.0842. The minimum Gasteiger partial charge on any atom is -0.326 e. The maximum absolute atomic E-state index is 6.28. The first-order valence-electron chi connectivity index (χ1n) is 7.56. The highest BCUT2D eigenvalue weighted by Crippen LogP contribution is 2.26. The van der Waals surface area contributed by atoms with E-state index in [0.29, 0.717) is 0 Å². The second kappa shape index (κ2) is 6.88. The van der Waals surface area contributed by atoms with Crippen LogP contribution in [0.25, 0.3) is 0 Å². The van der Waals surface area contributed by atoms with Gasteiger partial charge in [-0.25, -0.2) is 0 Å². The SMILES string of the molecule is Cc1cccc(CN(C)C(c2ccccc2C)C(C)N)c1. The molecular weight excluding hydrogens is 256 g/mol. The van der Waals surface area contributed by atoms with E-state index in [0.717, 1.165) is 6.54 Å². The molecule has 0 spiro atoms. The maximum atomic E-state index is 6.28. The molecule has 2 rings (SSSR count). The van der Waals surface area contributed by atoms with Gasteiger partial charge in [-0.15, -0.1) is 0 Å². The Morgan fingerprint density at radius 2 is 1.76 bits per heavy atom. The molecule has 2 atom stereocenters. The third-order valence-electron chi connectivity index (χ3n) is 3.99. The van der Waals surface area contributed by atoms with E-state index in [1.54, 1.807) is 0 Å². The van der Waals surface area contributed by atoms with Crippen molar-refractivity contribution in [2.45, 2.75) is 39.4 Å². The first kappa shape index (κ1) is 15.7. The van der Waals surface area contributed by atoms with E-state index >= 15 is 0 Å². The van der Waals surface area contributed by atoms with E-state index in [4.69, 9.17) is 5.73 Å². The molecular formula is C19H26N2. The van der Waals surface area contributed by atoms with Gasteiger partial charge >= 0.3 is 0 Å². The molecule has 0 fully saturated rings. The van der Waals surface area contributed by atoms with Gasteiger partial charge in [0.25, 0.3) is 0 Å². The minimum absolute atomic E-state index is 0.0842. The molecule has 0 bridgehead atoms. The van der Waals surface area contributed by atoms with E-state index < -0.39 is 0 Å². The van der Waals surface area contributed by atoms with Crippen LogP contribution >= 0.6 is 0 Å². The standard InChI is InChI=1S/C19H26N2/c1-14-8-7-10-17(12-14)13-21(4)19(16(3)20)18-11-6-5-9-15(18)2/h5-12,16,19H,13,20H2,1-4H3. The van der Waals surface area contributed by atoms with E-state index in [1.165, 1.54) is 22.3 Å². The zero-order valence-electron chi connectivity index (χ0n) is 13.5. The quantitative estimate of drug-likeness (QED) is 0.903. The number of hydrogen-bond acceptors (Lipinski definition) is 2. The van der Waals surface area contributed by atoms with Gasteiger partial charge in [0.05, 0.1) is 0 Å². The molecule has 0 amide bonds. The summed E-state index contributed by atoms with van der Waals surface area (Å²) in [5.74, 6) is 0. The first-order chi connectivity index (χ1) is 9.99. The van der Waals surface area contributed by atoms with Crippen molar-refractivity contribution in [1.29, 1.82) is 0 Å². The molecule has 0 radical (unpaired) electrons. The fraction of sp³-hybridized carbons (Fsp3) is 0.368. The molecule has 0 aliphatic carbocycles. The number of nitrogens with zero attached hydrogens (tertiary/aromatic N) is 1. The van der Waals surface area contributed by atoms with Crippen molar-refractivity contribution >= 4 is 0 Å². The van der Waals surface area contributed by atoms with Gasteiger partial charge in [-0.1, -0.05) is 54.1 Å². The monoisotopic (exact) mass is 282 g/mol. The molecule has 2 aromatic carbocycles. The molecule has 0 aliphatic heterocycles. The van der Waals surface area contributed by atoms with E-state index in [2.05, 4.69) is 81.2 Å². The van der Waals surface area contributed by atoms with Crippen LogP contribution in [0.15, 0.2) is 48.5 Å². The van der Waals surface area contributed by atoms with Crippen molar-refractivity contribution in [1.82, 2.24) is 4.90 Å². The van der Waals surface area contributed by atoms with Crippen LogP contribution in [0.4, 0.5) is 0 Å². The van der Waals surface area contributed by atoms with Crippen LogP contribution in [0.5, 0.6) is 0 Å². The molecule has 21 heavy (non-hydrogen) atoms. The van der Waals surface area contributed by atoms with Crippen LogP contribution in [0.2, 0.25) is 0 Å². The van der Waals surface area contributed by atoms with Crippen LogP contribution in [0.1, 0.15) is 35.2 Å². The van der Waals surface area contributed by atoms with Crippen molar-refractivity contribution < 1.29 is 0 Å². The third-order valence-corrected chi connectivity index (χ3v) is 3.99. The lowest BCUT2D eigenvalue weighted by molar-refractivity contribution is 0.210. The number of nitrogens with two attached hydrogens (primary N) is 1. The van der Waals surface area contributed by atoms with Crippen LogP contribution in [0.3, 0.4) is 0 Å². The summed E-state index contributed by atoms with van der Waals surface area (Å²) < 4.78 is 0. The second-order valence-corrected chi connectivity index (χ2v) is 6.06. The average Bonchev–Trinajstić information content (AvgIpc) is 2.41. The summed E-state index contributed by atoms with van der Waals surface area (Å²) in [6, 6.07) is 17.5. The normalized spacial score (nSPS) is 14.2. The highest BCUT2D eigenvalue weighted by molar-refractivity contribution is 5.30. The topological polar surface area (TPSA) is 29.3 Å². The van der Waals surface area contributed by atoms with Crippen molar-refractivity contribution in [3.05, 3.63) is 70.8 Å². The number of likely N-dealkylation sites (N-methyl/N-ethyl adjacent to an activating group) is 1. The van der Waals surface area contributed by atoms with Crippen LogP contribution < -0.4 is 5.73 Å². The molecule has 2 N–H and O–H groups in total. The Bertz CT molecular complexity index is 590.